The Balaban J connectivity index is 1.80. The van der Waals surface area contributed by atoms with E-state index in [2.05, 4.69) is 26.1 Å². The van der Waals surface area contributed by atoms with Crippen LogP contribution in [0.3, 0.4) is 0 Å². The van der Waals surface area contributed by atoms with Gasteiger partial charge in [-0.3, -0.25) is 0 Å². The number of hydrogen-bond acceptors (Lipinski definition) is 1. The molecule has 2 aliphatic carbocycles. The van der Waals surface area contributed by atoms with Crippen LogP contribution in [0.4, 0.5) is 0 Å². The Morgan fingerprint density at radius 3 is 2.44 bits per heavy atom. The van der Waals surface area contributed by atoms with Crippen molar-refractivity contribution in [1.82, 2.24) is 5.32 Å². The zero-order valence-electron chi connectivity index (χ0n) is 11.4. The molecule has 0 aromatic carbocycles. The Bertz CT molecular complexity index is 221. The average Bonchev–Trinajstić information content (AvgIpc) is 2.15. The molecule has 0 heterocycles. The summed E-state index contributed by atoms with van der Waals surface area (Å²) < 4.78 is 0. The normalized spacial score (nSPS) is 39.6. The largest absolute Gasteiger partial charge is 0.311 e. The molecule has 1 nitrogen and oxygen atoms in total. The molecule has 0 amide bonds. The minimum atomic E-state index is 0.580. The highest BCUT2D eigenvalue weighted by molar-refractivity contribution is 4.87. The van der Waals surface area contributed by atoms with Crippen LogP contribution in [0.15, 0.2) is 0 Å². The van der Waals surface area contributed by atoms with E-state index < -0.39 is 0 Å². The predicted octanol–water partition coefficient (Wildman–Crippen LogP) is 4.12. The van der Waals surface area contributed by atoms with Gasteiger partial charge >= 0.3 is 0 Å². The first-order valence-corrected chi connectivity index (χ1v) is 7.31. The highest BCUT2D eigenvalue weighted by Gasteiger charge is 2.30. The lowest BCUT2D eigenvalue weighted by molar-refractivity contribution is 0.173. The minimum Gasteiger partial charge on any atom is -0.311 e. The summed E-state index contributed by atoms with van der Waals surface area (Å²) in [6.45, 7) is 7.29. The molecule has 94 valence electrons. The summed E-state index contributed by atoms with van der Waals surface area (Å²) >= 11 is 0. The van der Waals surface area contributed by atoms with E-state index in [-0.39, 0.29) is 0 Å². The minimum absolute atomic E-state index is 0.580. The smallest absolute Gasteiger partial charge is 0.00747 e. The molecule has 2 rings (SSSR count). The van der Waals surface area contributed by atoms with Crippen LogP contribution in [0.2, 0.25) is 0 Å². The zero-order valence-corrected chi connectivity index (χ0v) is 11.4. The first kappa shape index (κ1) is 12.4. The van der Waals surface area contributed by atoms with Crippen LogP contribution in [-0.4, -0.2) is 12.1 Å². The summed E-state index contributed by atoms with van der Waals surface area (Å²) in [5.74, 6) is 0.947. The molecule has 2 saturated carbocycles. The second-order valence-electron chi connectivity index (χ2n) is 7.09. The third-order valence-corrected chi connectivity index (χ3v) is 4.61. The van der Waals surface area contributed by atoms with Gasteiger partial charge < -0.3 is 5.32 Å². The van der Waals surface area contributed by atoms with Crippen LogP contribution in [-0.2, 0) is 0 Å². The van der Waals surface area contributed by atoms with Gasteiger partial charge in [0.1, 0.15) is 0 Å². The summed E-state index contributed by atoms with van der Waals surface area (Å²) in [6, 6.07) is 1.63. The van der Waals surface area contributed by atoms with E-state index >= 15 is 0 Å². The van der Waals surface area contributed by atoms with Crippen molar-refractivity contribution in [1.29, 1.82) is 0 Å². The predicted molar refractivity (Wildman–Crippen MR) is 70.6 cm³/mol. The van der Waals surface area contributed by atoms with E-state index in [0.717, 1.165) is 18.0 Å². The summed E-state index contributed by atoms with van der Waals surface area (Å²) in [5, 5.41) is 3.94. The Kier molecular flexibility index (Phi) is 3.94. The SMILES string of the molecule is CC1CCCC(NC2CCCC(C)(C)C2)C1. The molecule has 0 aliphatic heterocycles. The summed E-state index contributed by atoms with van der Waals surface area (Å²) in [4.78, 5) is 0. The lowest BCUT2D eigenvalue weighted by Crippen LogP contribution is -2.44. The van der Waals surface area contributed by atoms with Gasteiger partial charge in [-0.25, -0.2) is 0 Å². The molecule has 1 N–H and O–H groups in total. The van der Waals surface area contributed by atoms with Gasteiger partial charge in [0.2, 0.25) is 0 Å². The number of nitrogens with one attached hydrogen (secondary N) is 1. The standard InChI is InChI=1S/C15H29N/c1-12-6-4-7-13(10-12)16-14-8-5-9-15(2,3)11-14/h12-14,16H,4-11H2,1-3H3. The molecule has 2 aliphatic rings. The maximum atomic E-state index is 3.94. The van der Waals surface area contributed by atoms with Gasteiger partial charge in [0, 0.05) is 12.1 Å². The molecule has 0 saturated heterocycles. The van der Waals surface area contributed by atoms with Crippen LogP contribution in [0.25, 0.3) is 0 Å². The lowest BCUT2D eigenvalue weighted by atomic mass is 9.74. The van der Waals surface area contributed by atoms with Crippen LogP contribution >= 0.6 is 0 Å². The molecule has 0 aromatic rings. The van der Waals surface area contributed by atoms with Crippen molar-refractivity contribution < 1.29 is 0 Å². The van der Waals surface area contributed by atoms with Crippen molar-refractivity contribution in [2.45, 2.75) is 84.2 Å². The monoisotopic (exact) mass is 223 g/mol. The quantitative estimate of drug-likeness (QED) is 0.742. The fourth-order valence-corrected chi connectivity index (χ4v) is 3.76. The number of rotatable bonds is 2. The Morgan fingerprint density at radius 2 is 1.75 bits per heavy atom. The van der Waals surface area contributed by atoms with Gasteiger partial charge in [-0.2, -0.15) is 0 Å². The molecular formula is C15H29N. The fourth-order valence-electron chi connectivity index (χ4n) is 3.76. The topological polar surface area (TPSA) is 12.0 Å². The molecule has 3 unspecified atom stereocenters. The van der Waals surface area contributed by atoms with Gasteiger partial charge in [-0.05, 0) is 43.4 Å². The van der Waals surface area contributed by atoms with E-state index in [9.17, 15) is 0 Å². The van der Waals surface area contributed by atoms with Crippen LogP contribution in [0, 0.1) is 11.3 Å². The van der Waals surface area contributed by atoms with Gasteiger partial charge in [0.25, 0.3) is 0 Å². The Hall–Kier alpha value is -0.0400. The summed E-state index contributed by atoms with van der Waals surface area (Å²) in [5.41, 5.74) is 0.580. The Labute approximate surface area is 101 Å². The van der Waals surface area contributed by atoms with E-state index in [1.54, 1.807) is 0 Å². The van der Waals surface area contributed by atoms with Crippen molar-refractivity contribution in [3.8, 4) is 0 Å². The highest BCUT2D eigenvalue weighted by atomic mass is 15.0. The molecule has 2 fully saturated rings. The van der Waals surface area contributed by atoms with Crippen LogP contribution in [0.1, 0.15) is 72.1 Å². The molecule has 0 bridgehead atoms. The average molecular weight is 223 g/mol. The highest BCUT2D eigenvalue weighted by Crippen LogP contribution is 2.36. The summed E-state index contributed by atoms with van der Waals surface area (Å²) in [6.07, 6.45) is 11.4. The first-order chi connectivity index (χ1) is 7.55. The van der Waals surface area contributed by atoms with Crippen LogP contribution < -0.4 is 5.32 Å². The van der Waals surface area contributed by atoms with Gasteiger partial charge in [0.15, 0.2) is 0 Å². The molecule has 16 heavy (non-hydrogen) atoms. The van der Waals surface area contributed by atoms with E-state index in [1.807, 2.05) is 0 Å². The number of hydrogen-bond donors (Lipinski definition) is 1. The molecule has 0 aromatic heterocycles. The molecule has 3 atom stereocenters. The van der Waals surface area contributed by atoms with Gasteiger partial charge in [-0.1, -0.05) is 40.0 Å². The zero-order chi connectivity index (χ0) is 11.6. The Morgan fingerprint density at radius 1 is 1.00 bits per heavy atom. The lowest BCUT2D eigenvalue weighted by Gasteiger charge is -2.39. The second-order valence-corrected chi connectivity index (χ2v) is 7.09. The van der Waals surface area contributed by atoms with Crippen molar-refractivity contribution in [3.05, 3.63) is 0 Å². The second kappa shape index (κ2) is 5.08. The van der Waals surface area contributed by atoms with Crippen molar-refractivity contribution in [2.75, 3.05) is 0 Å². The van der Waals surface area contributed by atoms with Gasteiger partial charge in [0.05, 0.1) is 0 Å². The molecule has 0 spiro atoms. The molecule has 1 heteroatoms. The van der Waals surface area contributed by atoms with Crippen molar-refractivity contribution >= 4 is 0 Å². The molecular weight excluding hydrogens is 194 g/mol. The molecule has 0 radical (unpaired) electrons. The third kappa shape index (κ3) is 3.48. The van der Waals surface area contributed by atoms with Gasteiger partial charge in [-0.15, -0.1) is 0 Å². The van der Waals surface area contributed by atoms with Crippen molar-refractivity contribution in [2.24, 2.45) is 11.3 Å². The maximum absolute atomic E-state index is 3.94. The van der Waals surface area contributed by atoms with E-state index in [0.29, 0.717) is 5.41 Å². The summed E-state index contributed by atoms with van der Waals surface area (Å²) in [7, 11) is 0. The van der Waals surface area contributed by atoms with E-state index in [1.165, 1.54) is 51.4 Å². The van der Waals surface area contributed by atoms with Crippen molar-refractivity contribution in [3.63, 3.8) is 0 Å². The third-order valence-electron chi connectivity index (χ3n) is 4.61. The van der Waals surface area contributed by atoms with Crippen LogP contribution in [0.5, 0.6) is 0 Å². The maximum Gasteiger partial charge on any atom is 0.00747 e. The van der Waals surface area contributed by atoms with E-state index in [4.69, 9.17) is 0 Å². The first-order valence-electron chi connectivity index (χ1n) is 7.31. The fraction of sp³-hybridized carbons (Fsp3) is 1.00.